The van der Waals surface area contributed by atoms with Crippen LogP contribution in [0.5, 0.6) is 0 Å². The molecule has 0 aromatic rings. The third kappa shape index (κ3) is 22.6. The molecule has 0 heterocycles. The molecule has 0 saturated carbocycles. The predicted octanol–water partition coefficient (Wildman–Crippen LogP) is 6.89. The summed E-state index contributed by atoms with van der Waals surface area (Å²) in [5.41, 5.74) is 0. The van der Waals surface area contributed by atoms with Crippen LogP contribution in [-0.2, 0) is 19.0 Å². The second-order valence-electron chi connectivity index (χ2n) is 7.03. The molecule has 0 aromatic carbocycles. The van der Waals surface area contributed by atoms with Gasteiger partial charge in [0.25, 0.3) is 0 Å². The number of allylic oxidation sites excluding steroid dienone is 10. The van der Waals surface area contributed by atoms with Crippen molar-refractivity contribution in [1.82, 2.24) is 0 Å². The van der Waals surface area contributed by atoms with E-state index in [-0.39, 0.29) is 12.1 Å². The van der Waals surface area contributed by atoms with Crippen LogP contribution >= 0.6 is 0 Å². The average molecular weight is 433 g/mol. The molecule has 0 aliphatic rings. The van der Waals surface area contributed by atoms with Crippen LogP contribution in [0.1, 0.15) is 72.1 Å². The van der Waals surface area contributed by atoms with Gasteiger partial charge >= 0.3 is 5.97 Å². The number of carbonyl (C=O) groups is 1. The molecular weight excluding hydrogens is 388 g/mol. The van der Waals surface area contributed by atoms with Crippen LogP contribution < -0.4 is 0 Å². The number of ether oxygens (including phenoxy) is 3. The minimum atomic E-state index is -0.318. The first-order chi connectivity index (χ1) is 15.2. The number of hydrogen-bond acceptors (Lipinski definition) is 4. The Hall–Kier alpha value is -1.91. The lowest BCUT2D eigenvalue weighted by Gasteiger charge is -2.17. The maximum atomic E-state index is 12.0. The molecule has 0 amide bonds. The second kappa shape index (κ2) is 24.4. The smallest absolute Gasteiger partial charge is 0.306 e. The number of unbranched alkanes of at least 4 members (excludes halogenated alkanes) is 1. The van der Waals surface area contributed by atoms with E-state index in [1.54, 1.807) is 0 Å². The van der Waals surface area contributed by atoms with Gasteiger partial charge in [0.05, 0.1) is 13.2 Å². The molecule has 0 unspecified atom stereocenters. The Kier molecular flexibility index (Phi) is 22.9. The third-order valence-corrected chi connectivity index (χ3v) is 4.22. The molecule has 0 rings (SSSR count). The summed E-state index contributed by atoms with van der Waals surface area (Å²) >= 11 is 0. The van der Waals surface area contributed by atoms with E-state index in [1.165, 1.54) is 0 Å². The van der Waals surface area contributed by atoms with Crippen molar-refractivity contribution in [2.24, 2.45) is 0 Å². The molecular formula is C27H44O4. The van der Waals surface area contributed by atoms with Crippen LogP contribution in [0.25, 0.3) is 0 Å². The standard InChI is InChI=1S/C27H44O4/c1-4-7-8-9-10-11-12-13-14-15-16-17-18-19-20-21-22-23-27(28)31-26(24-29-5-2)25-30-6-3/h7-8,10-11,13-14,16-17,19-20,26H,4-6,9,12,15,18,21-25H2,1-3H3/b8-7+,11-10+,14-13+,17-16+,20-19+. The van der Waals surface area contributed by atoms with Crippen LogP contribution in [0, 0.1) is 0 Å². The van der Waals surface area contributed by atoms with Crippen molar-refractivity contribution < 1.29 is 19.0 Å². The molecule has 0 bridgehead atoms. The van der Waals surface area contributed by atoms with E-state index < -0.39 is 0 Å². The molecule has 0 atom stereocenters. The van der Waals surface area contributed by atoms with Gasteiger partial charge in [0.15, 0.2) is 0 Å². The molecule has 0 N–H and O–H groups in total. The monoisotopic (exact) mass is 432 g/mol. The Morgan fingerprint density at radius 3 is 1.58 bits per heavy atom. The van der Waals surface area contributed by atoms with E-state index in [0.717, 1.165) is 44.9 Å². The summed E-state index contributed by atoms with van der Waals surface area (Å²) in [7, 11) is 0. The maximum Gasteiger partial charge on any atom is 0.306 e. The number of rotatable bonds is 20. The Balaban J connectivity index is 3.75. The van der Waals surface area contributed by atoms with Crippen LogP contribution in [0.2, 0.25) is 0 Å². The van der Waals surface area contributed by atoms with Gasteiger partial charge in [0.1, 0.15) is 6.10 Å². The van der Waals surface area contributed by atoms with Gasteiger partial charge in [0.2, 0.25) is 0 Å². The highest BCUT2D eigenvalue weighted by Crippen LogP contribution is 2.04. The maximum absolute atomic E-state index is 12.0. The lowest BCUT2D eigenvalue weighted by Crippen LogP contribution is -2.28. The quantitative estimate of drug-likeness (QED) is 0.119. The molecule has 0 aliphatic carbocycles. The van der Waals surface area contributed by atoms with Crippen molar-refractivity contribution in [2.75, 3.05) is 26.4 Å². The van der Waals surface area contributed by atoms with E-state index in [0.29, 0.717) is 32.8 Å². The molecule has 0 spiro atoms. The van der Waals surface area contributed by atoms with E-state index in [4.69, 9.17) is 14.2 Å². The van der Waals surface area contributed by atoms with Crippen molar-refractivity contribution in [3.63, 3.8) is 0 Å². The Morgan fingerprint density at radius 1 is 0.677 bits per heavy atom. The summed E-state index contributed by atoms with van der Waals surface area (Å²) in [6, 6.07) is 0. The fourth-order valence-electron chi connectivity index (χ4n) is 2.59. The Morgan fingerprint density at radius 2 is 1.13 bits per heavy atom. The van der Waals surface area contributed by atoms with Gasteiger partial charge in [-0.1, -0.05) is 67.7 Å². The average Bonchev–Trinajstić information content (AvgIpc) is 2.77. The highest BCUT2D eigenvalue weighted by Gasteiger charge is 2.14. The molecule has 176 valence electrons. The minimum absolute atomic E-state index is 0.184. The van der Waals surface area contributed by atoms with Gasteiger partial charge in [-0.05, 0) is 58.8 Å². The van der Waals surface area contributed by atoms with Gasteiger partial charge in [-0.15, -0.1) is 0 Å². The van der Waals surface area contributed by atoms with E-state index >= 15 is 0 Å². The summed E-state index contributed by atoms with van der Waals surface area (Å²) in [6.45, 7) is 7.97. The summed E-state index contributed by atoms with van der Waals surface area (Å²) in [5, 5.41) is 0. The largest absolute Gasteiger partial charge is 0.457 e. The molecule has 31 heavy (non-hydrogen) atoms. The molecule has 0 radical (unpaired) electrons. The lowest BCUT2D eigenvalue weighted by atomic mass is 10.2. The van der Waals surface area contributed by atoms with Gasteiger partial charge in [-0.3, -0.25) is 4.79 Å². The molecule has 4 heteroatoms. The topological polar surface area (TPSA) is 44.8 Å². The van der Waals surface area contributed by atoms with E-state index in [1.807, 2.05) is 13.8 Å². The molecule has 0 aromatic heterocycles. The molecule has 0 fully saturated rings. The second-order valence-corrected chi connectivity index (χ2v) is 7.03. The van der Waals surface area contributed by atoms with Gasteiger partial charge < -0.3 is 14.2 Å². The van der Waals surface area contributed by atoms with E-state index in [2.05, 4.69) is 67.7 Å². The fraction of sp³-hybridized carbons (Fsp3) is 0.593. The summed E-state index contributed by atoms with van der Waals surface area (Å²) in [5.74, 6) is -0.184. The van der Waals surface area contributed by atoms with Crippen molar-refractivity contribution in [3.8, 4) is 0 Å². The molecule has 4 nitrogen and oxygen atoms in total. The first kappa shape index (κ1) is 29.1. The number of hydrogen-bond donors (Lipinski definition) is 0. The SMILES string of the molecule is CC/C=C/C/C=C/C/C=C/C/C=C/C/C=C/CCCC(=O)OC(COCC)COCC. The van der Waals surface area contributed by atoms with Gasteiger partial charge in [0, 0.05) is 19.6 Å². The highest BCUT2D eigenvalue weighted by molar-refractivity contribution is 5.69. The summed E-state index contributed by atoms with van der Waals surface area (Å²) in [6.07, 6.45) is 28.6. The Bertz CT molecular complexity index is 535. The van der Waals surface area contributed by atoms with Crippen LogP contribution in [0.3, 0.4) is 0 Å². The van der Waals surface area contributed by atoms with Crippen molar-refractivity contribution in [1.29, 1.82) is 0 Å². The van der Waals surface area contributed by atoms with Crippen LogP contribution in [0.15, 0.2) is 60.8 Å². The predicted molar refractivity (Wildman–Crippen MR) is 131 cm³/mol. The Labute approximate surface area is 190 Å². The van der Waals surface area contributed by atoms with Gasteiger partial charge in [-0.25, -0.2) is 0 Å². The zero-order valence-corrected chi connectivity index (χ0v) is 20.0. The zero-order chi connectivity index (χ0) is 22.8. The summed E-state index contributed by atoms with van der Waals surface area (Å²) < 4.78 is 16.1. The lowest BCUT2D eigenvalue weighted by molar-refractivity contribution is -0.156. The zero-order valence-electron chi connectivity index (χ0n) is 20.0. The number of esters is 1. The molecule has 0 aliphatic heterocycles. The number of carbonyl (C=O) groups excluding carboxylic acids is 1. The van der Waals surface area contributed by atoms with Crippen molar-refractivity contribution in [2.45, 2.75) is 78.2 Å². The molecule has 0 saturated heterocycles. The summed E-state index contributed by atoms with van der Waals surface area (Å²) in [4.78, 5) is 12.0. The fourth-order valence-corrected chi connectivity index (χ4v) is 2.59. The van der Waals surface area contributed by atoms with Crippen molar-refractivity contribution >= 4 is 5.97 Å². The first-order valence-electron chi connectivity index (χ1n) is 11.8. The van der Waals surface area contributed by atoms with Crippen molar-refractivity contribution in [3.05, 3.63) is 60.8 Å². The third-order valence-electron chi connectivity index (χ3n) is 4.22. The van der Waals surface area contributed by atoms with E-state index in [9.17, 15) is 4.79 Å². The normalized spacial score (nSPS) is 12.6. The van der Waals surface area contributed by atoms with Crippen LogP contribution in [0.4, 0.5) is 0 Å². The minimum Gasteiger partial charge on any atom is -0.457 e. The van der Waals surface area contributed by atoms with Crippen LogP contribution in [-0.4, -0.2) is 38.5 Å². The van der Waals surface area contributed by atoms with Gasteiger partial charge in [-0.2, -0.15) is 0 Å². The first-order valence-corrected chi connectivity index (χ1v) is 11.8. The highest BCUT2D eigenvalue weighted by atomic mass is 16.6.